The molecule has 136 valence electrons. The van der Waals surface area contributed by atoms with Crippen molar-refractivity contribution >= 4 is 35.0 Å². The maximum absolute atomic E-state index is 12.1. The summed E-state index contributed by atoms with van der Waals surface area (Å²) < 4.78 is 4.94. The largest absolute Gasteiger partial charge is 0.450 e. The molecule has 1 saturated heterocycles. The first-order valence-electron chi connectivity index (χ1n) is 7.78. The van der Waals surface area contributed by atoms with Gasteiger partial charge in [0.2, 0.25) is 5.91 Å². The van der Waals surface area contributed by atoms with Crippen LogP contribution in [0.25, 0.3) is 0 Å². The normalized spacial score (nSPS) is 14.9. The van der Waals surface area contributed by atoms with Gasteiger partial charge in [-0.2, -0.15) is 0 Å². The number of nitrogens with zero attached hydrogens (tertiary/aromatic N) is 3. The van der Waals surface area contributed by atoms with Crippen LogP contribution in [-0.4, -0.2) is 66.1 Å². The Hall–Kier alpha value is -2.39. The molecule has 1 aromatic rings. The van der Waals surface area contributed by atoms with E-state index in [4.69, 9.17) is 16.3 Å². The third-order valence-corrected chi connectivity index (χ3v) is 4.01. The molecule has 25 heavy (non-hydrogen) atoms. The quantitative estimate of drug-likeness (QED) is 0.627. The minimum atomic E-state index is -0.605. The smallest absolute Gasteiger partial charge is 0.409 e. The fraction of sp³-hybridized carbons (Fsp3) is 0.467. The summed E-state index contributed by atoms with van der Waals surface area (Å²) in [5.41, 5.74) is 0.0498. The van der Waals surface area contributed by atoms with Crippen LogP contribution in [0.15, 0.2) is 18.2 Å². The van der Waals surface area contributed by atoms with Gasteiger partial charge in [-0.05, 0) is 19.1 Å². The van der Waals surface area contributed by atoms with E-state index in [0.717, 1.165) is 0 Å². The molecule has 9 nitrogen and oxygen atoms in total. The van der Waals surface area contributed by atoms with Gasteiger partial charge in [0.1, 0.15) is 5.02 Å². The first kappa shape index (κ1) is 18.9. The van der Waals surface area contributed by atoms with E-state index in [1.54, 1.807) is 11.8 Å². The lowest BCUT2D eigenvalue weighted by atomic mass is 10.2. The van der Waals surface area contributed by atoms with Crippen molar-refractivity contribution in [2.45, 2.75) is 6.92 Å². The monoisotopic (exact) mass is 370 g/mol. The molecule has 1 fully saturated rings. The van der Waals surface area contributed by atoms with Crippen LogP contribution in [0.4, 0.5) is 16.2 Å². The molecule has 0 aliphatic carbocycles. The number of halogens is 1. The first-order valence-corrected chi connectivity index (χ1v) is 8.16. The summed E-state index contributed by atoms with van der Waals surface area (Å²) in [7, 11) is 0. The number of ether oxygens (including phenoxy) is 1. The third kappa shape index (κ3) is 5.30. The SMILES string of the molecule is CCOC(=O)N1CCN(CC(=O)Nc2ccc(Cl)c([N+](=O)[O-])c2)CC1. The average Bonchev–Trinajstić information content (AvgIpc) is 2.57. The van der Waals surface area contributed by atoms with E-state index < -0.39 is 4.92 Å². The van der Waals surface area contributed by atoms with Gasteiger partial charge in [0.25, 0.3) is 5.69 Å². The number of anilines is 1. The minimum absolute atomic E-state index is 0.0121. The van der Waals surface area contributed by atoms with Crippen LogP contribution < -0.4 is 5.32 Å². The number of rotatable bonds is 5. The molecule has 0 spiro atoms. The fourth-order valence-electron chi connectivity index (χ4n) is 2.44. The highest BCUT2D eigenvalue weighted by Crippen LogP contribution is 2.27. The molecule has 0 radical (unpaired) electrons. The zero-order valence-corrected chi connectivity index (χ0v) is 14.5. The summed E-state index contributed by atoms with van der Waals surface area (Å²) in [6, 6.07) is 4.10. The molecule has 0 saturated carbocycles. The highest BCUT2D eigenvalue weighted by atomic mass is 35.5. The Balaban J connectivity index is 1.84. The highest BCUT2D eigenvalue weighted by Gasteiger charge is 2.23. The van der Waals surface area contributed by atoms with Crippen LogP contribution in [0.5, 0.6) is 0 Å². The van der Waals surface area contributed by atoms with E-state index in [1.165, 1.54) is 18.2 Å². The summed E-state index contributed by atoms with van der Waals surface area (Å²) in [6.07, 6.45) is -0.347. The summed E-state index contributed by atoms with van der Waals surface area (Å²) in [5, 5.41) is 13.5. The fourth-order valence-corrected chi connectivity index (χ4v) is 2.62. The highest BCUT2D eigenvalue weighted by molar-refractivity contribution is 6.32. The van der Waals surface area contributed by atoms with E-state index in [9.17, 15) is 19.7 Å². The second-order valence-electron chi connectivity index (χ2n) is 5.43. The van der Waals surface area contributed by atoms with Crippen LogP contribution in [0, 0.1) is 10.1 Å². The molecule has 0 aromatic heterocycles. The number of piperazine rings is 1. The Morgan fingerprint density at radius 2 is 2.00 bits per heavy atom. The number of amides is 2. The van der Waals surface area contributed by atoms with Crippen molar-refractivity contribution in [3.8, 4) is 0 Å². The molecule has 0 unspecified atom stereocenters. The topological polar surface area (TPSA) is 105 Å². The summed E-state index contributed by atoms with van der Waals surface area (Å²) >= 11 is 5.74. The van der Waals surface area contributed by atoms with Crippen LogP contribution in [0.3, 0.4) is 0 Å². The van der Waals surface area contributed by atoms with Crippen molar-refractivity contribution in [1.29, 1.82) is 0 Å². The zero-order chi connectivity index (χ0) is 18.4. The zero-order valence-electron chi connectivity index (χ0n) is 13.7. The van der Waals surface area contributed by atoms with Gasteiger partial charge in [0.15, 0.2) is 0 Å². The van der Waals surface area contributed by atoms with Gasteiger partial charge in [-0.3, -0.25) is 19.8 Å². The standard InChI is InChI=1S/C15H19ClN4O5/c1-2-25-15(22)19-7-5-18(6-8-19)10-14(21)17-11-3-4-12(16)13(9-11)20(23)24/h3-4,9H,2,5-8,10H2,1H3,(H,17,21). The predicted molar refractivity (Wildman–Crippen MR) is 91.8 cm³/mol. The van der Waals surface area contributed by atoms with Crippen molar-refractivity contribution in [2.75, 3.05) is 44.6 Å². The van der Waals surface area contributed by atoms with Gasteiger partial charge in [-0.15, -0.1) is 0 Å². The van der Waals surface area contributed by atoms with Crippen molar-refractivity contribution < 1.29 is 19.2 Å². The summed E-state index contributed by atoms with van der Waals surface area (Å²) in [6.45, 7) is 4.28. The average molecular weight is 371 g/mol. The summed E-state index contributed by atoms with van der Waals surface area (Å²) in [4.78, 5) is 37.5. The number of carbonyl (C=O) groups is 2. The van der Waals surface area contributed by atoms with Crippen molar-refractivity contribution in [3.05, 3.63) is 33.3 Å². The van der Waals surface area contributed by atoms with E-state index in [2.05, 4.69) is 5.32 Å². The van der Waals surface area contributed by atoms with E-state index in [0.29, 0.717) is 38.5 Å². The second-order valence-corrected chi connectivity index (χ2v) is 5.84. The molecule has 1 heterocycles. The number of carbonyl (C=O) groups excluding carboxylic acids is 2. The molecule has 0 atom stereocenters. The molecule has 2 rings (SSSR count). The van der Waals surface area contributed by atoms with Crippen molar-refractivity contribution in [1.82, 2.24) is 9.80 Å². The third-order valence-electron chi connectivity index (χ3n) is 3.69. The number of nitro groups is 1. The Kier molecular flexibility index (Phi) is 6.54. The van der Waals surface area contributed by atoms with Gasteiger partial charge in [0, 0.05) is 37.9 Å². The predicted octanol–water partition coefficient (Wildman–Crippen LogP) is 1.96. The Bertz CT molecular complexity index is 661. The number of nitro benzene ring substituents is 1. The van der Waals surface area contributed by atoms with Gasteiger partial charge in [-0.25, -0.2) is 4.79 Å². The second kappa shape index (κ2) is 8.63. The minimum Gasteiger partial charge on any atom is -0.450 e. The lowest BCUT2D eigenvalue weighted by molar-refractivity contribution is -0.384. The van der Waals surface area contributed by atoms with Gasteiger partial charge < -0.3 is 15.0 Å². The van der Waals surface area contributed by atoms with Crippen molar-refractivity contribution in [2.24, 2.45) is 0 Å². The molecule has 10 heteroatoms. The van der Waals surface area contributed by atoms with Crippen LogP contribution in [0.2, 0.25) is 5.02 Å². The van der Waals surface area contributed by atoms with E-state index >= 15 is 0 Å². The number of hydrogen-bond acceptors (Lipinski definition) is 6. The van der Waals surface area contributed by atoms with Crippen molar-refractivity contribution in [3.63, 3.8) is 0 Å². The van der Waals surface area contributed by atoms with Crippen LogP contribution >= 0.6 is 11.6 Å². The molecule has 1 aliphatic heterocycles. The van der Waals surface area contributed by atoms with E-state index in [1.807, 2.05) is 4.90 Å². The lowest BCUT2D eigenvalue weighted by Gasteiger charge is -2.33. The molecular weight excluding hydrogens is 352 g/mol. The number of benzene rings is 1. The lowest BCUT2D eigenvalue weighted by Crippen LogP contribution is -2.50. The molecular formula is C15H19ClN4O5. The molecule has 0 bridgehead atoms. The Morgan fingerprint density at radius 1 is 1.32 bits per heavy atom. The summed E-state index contributed by atoms with van der Waals surface area (Å²) in [5.74, 6) is -0.291. The van der Waals surface area contributed by atoms with Gasteiger partial charge >= 0.3 is 6.09 Å². The first-order chi connectivity index (χ1) is 11.9. The van der Waals surface area contributed by atoms with E-state index in [-0.39, 0.29) is 29.3 Å². The van der Waals surface area contributed by atoms with Crippen LogP contribution in [0.1, 0.15) is 6.92 Å². The van der Waals surface area contributed by atoms with Gasteiger partial charge in [-0.1, -0.05) is 11.6 Å². The molecule has 2 amide bonds. The number of nitrogens with one attached hydrogen (secondary N) is 1. The molecule has 1 aromatic carbocycles. The molecule has 1 aliphatic rings. The Morgan fingerprint density at radius 3 is 2.60 bits per heavy atom. The maximum Gasteiger partial charge on any atom is 0.409 e. The molecule has 1 N–H and O–H groups in total. The van der Waals surface area contributed by atoms with Gasteiger partial charge in [0.05, 0.1) is 18.1 Å². The maximum atomic E-state index is 12.1. The van der Waals surface area contributed by atoms with Crippen LogP contribution in [-0.2, 0) is 9.53 Å². The Labute approximate surface area is 149 Å². The number of hydrogen-bond donors (Lipinski definition) is 1.